The molecule has 7 nitrogen and oxygen atoms in total. The van der Waals surface area contributed by atoms with Crippen molar-refractivity contribution in [1.29, 1.82) is 0 Å². The maximum atomic E-state index is 12.1. The molecule has 1 aromatic carbocycles. The van der Waals surface area contributed by atoms with Crippen LogP contribution < -0.4 is 10.1 Å². The average molecular weight is 311 g/mol. The summed E-state index contributed by atoms with van der Waals surface area (Å²) in [6.45, 7) is 0.420. The summed E-state index contributed by atoms with van der Waals surface area (Å²) >= 11 is 0. The number of aryl methyl sites for hydroxylation is 1. The molecule has 0 unspecified atom stereocenters. The second-order valence-corrected chi connectivity index (χ2v) is 5.10. The molecule has 23 heavy (non-hydrogen) atoms. The topological polar surface area (TPSA) is 84.8 Å². The zero-order valence-corrected chi connectivity index (χ0v) is 12.9. The fraction of sp³-hybridized carbons (Fsp3) is 0.188. The highest BCUT2D eigenvalue weighted by Crippen LogP contribution is 2.21. The first-order valence-corrected chi connectivity index (χ1v) is 7.11. The van der Waals surface area contributed by atoms with Gasteiger partial charge in [-0.05, 0) is 30.3 Å². The van der Waals surface area contributed by atoms with E-state index in [1.807, 2.05) is 37.5 Å². The Labute approximate surface area is 133 Å². The minimum atomic E-state index is -0.207. The van der Waals surface area contributed by atoms with Crippen LogP contribution in [0.5, 0.6) is 5.75 Å². The van der Waals surface area contributed by atoms with E-state index in [1.54, 1.807) is 24.1 Å². The van der Waals surface area contributed by atoms with Crippen molar-refractivity contribution in [2.24, 2.45) is 7.05 Å². The third-order valence-electron chi connectivity index (χ3n) is 3.42. The highest BCUT2D eigenvalue weighted by molar-refractivity contribution is 5.93. The lowest BCUT2D eigenvalue weighted by Gasteiger charge is -2.01. The van der Waals surface area contributed by atoms with E-state index in [1.165, 1.54) is 0 Å². The quantitative estimate of drug-likeness (QED) is 0.752. The van der Waals surface area contributed by atoms with Crippen LogP contribution in [0.1, 0.15) is 16.1 Å². The summed E-state index contributed by atoms with van der Waals surface area (Å²) in [6, 6.07) is 9.22. The monoisotopic (exact) mass is 311 g/mol. The van der Waals surface area contributed by atoms with Crippen molar-refractivity contribution in [3.05, 3.63) is 54.0 Å². The van der Waals surface area contributed by atoms with Crippen LogP contribution in [0.3, 0.4) is 0 Å². The van der Waals surface area contributed by atoms with Gasteiger partial charge in [0.1, 0.15) is 11.4 Å². The normalized spacial score (nSPS) is 10.5. The lowest BCUT2D eigenvalue weighted by molar-refractivity contribution is 0.0946. The Hall–Kier alpha value is -3.09. The number of hydrogen-bond acceptors (Lipinski definition) is 4. The molecule has 3 rings (SSSR count). The number of amides is 1. The van der Waals surface area contributed by atoms with Crippen LogP contribution >= 0.6 is 0 Å². The maximum absolute atomic E-state index is 12.1. The minimum absolute atomic E-state index is 0.207. The molecule has 0 aliphatic carbocycles. The number of benzene rings is 1. The Morgan fingerprint density at radius 3 is 2.78 bits per heavy atom. The Morgan fingerprint density at radius 2 is 2.13 bits per heavy atom. The number of nitrogens with one attached hydrogen (secondary N) is 2. The number of carbonyl (C=O) groups is 1. The second-order valence-electron chi connectivity index (χ2n) is 5.10. The molecule has 7 heteroatoms. The third kappa shape index (κ3) is 3.39. The number of aromatic amines is 1. The van der Waals surface area contributed by atoms with E-state index in [0.29, 0.717) is 17.9 Å². The summed E-state index contributed by atoms with van der Waals surface area (Å²) in [5.74, 6) is 0.569. The highest BCUT2D eigenvalue weighted by Gasteiger charge is 2.11. The fourth-order valence-corrected chi connectivity index (χ4v) is 2.19. The van der Waals surface area contributed by atoms with Gasteiger partial charge in [-0.15, -0.1) is 0 Å². The van der Waals surface area contributed by atoms with Crippen LogP contribution in [0.4, 0.5) is 0 Å². The molecule has 0 bridgehead atoms. The van der Waals surface area contributed by atoms with Crippen LogP contribution in [0.2, 0.25) is 0 Å². The number of aromatic nitrogens is 4. The number of hydrogen-bond donors (Lipinski definition) is 2. The summed E-state index contributed by atoms with van der Waals surface area (Å²) < 4.78 is 6.82. The van der Waals surface area contributed by atoms with Gasteiger partial charge in [0, 0.05) is 30.9 Å². The average Bonchev–Trinajstić information content (AvgIpc) is 3.22. The maximum Gasteiger partial charge on any atom is 0.269 e. The van der Waals surface area contributed by atoms with E-state index < -0.39 is 0 Å². The van der Waals surface area contributed by atoms with Gasteiger partial charge in [-0.1, -0.05) is 0 Å². The SMILES string of the molecule is COc1ccc(-c2cc(C(=O)NCc3cnn(C)c3)[nH]n2)cc1. The van der Waals surface area contributed by atoms with Crippen LogP contribution in [-0.4, -0.2) is 33.0 Å². The molecule has 0 fully saturated rings. The van der Waals surface area contributed by atoms with Crippen molar-refractivity contribution in [3.8, 4) is 17.0 Å². The summed E-state index contributed by atoms with van der Waals surface area (Å²) in [7, 11) is 3.45. The smallest absolute Gasteiger partial charge is 0.269 e. The fourth-order valence-electron chi connectivity index (χ4n) is 2.19. The highest BCUT2D eigenvalue weighted by atomic mass is 16.5. The van der Waals surface area contributed by atoms with Gasteiger partial charge in [0.05, 0.1) is 19.0 Å². The van der Waals surface area contributed by atoms with Crippen molar-refractivity contribution in [1.82, 2.24) is 25.3 Å². The lowest BCUT2D eigenvalue weighted by Crippen LogP contribution is -2.22. The molecular weight excluding hydrogens is 294 g/mol. The van der Waals surface area contributed by atoms with Crippen molar-refractivity contribution in [2.75, 3.05) is 7.11 Å². The number of methoxy groups -OCH3 is 1. The number of carbonyl (C=O) groups excluding carboxylic acids is 1. The molecule has 2 heterocycles. The van der Waals surface area contributed by atoms with E-state index in [0.717, 1.165) is 16.9 Å². The number of ether oxygens (including phenoxy) is 1. The molecule has 0 spiro atoms. The molecule has 0 saturated heterocycles. The minimum Gasteiger partial charge on any atom is -0.497 e. The van der Waals surface area contributed by atoms with Crippen molar-refractivity contribution in [2.45, 2.75) is 6.54 Å². The molecule has 0 atom stereocenters. The van der Waals surface area contributed by atoms with E-state index >= 15 is 0 Å². The van der Waals surface area contributed by atoms with Gasteiger partial charge in [0.2, 0.25) is 0 Å². The number of rotatable bonds is 5. The molecule has 2 N–H and O–H groups in total. The zero-order chi connectivity index (χ0) is 16.2. The van der Waals surface area contributed by atoms with Crippen molar-refractivity contribution in [3.63, 3.8) is 0 Å². The van der Waals surface area contributed by atoms with Crippen LogP contribution in [-0.2, 0) is 13.6 Å². The van der Waals surface area contributed by atoms with Gasteiger partial charge >= 0.3 is 0 Å². The molecule has 0 aliphatic rings. The van der Waals surface area contributed by atoms with Gasteiger partial charge in [-0.2, -0.15) is 10.2 Å². The van der Waals surface area contributed by atoms with Gasteiger partial charge in [-0.3, -0.25) is 14.6 Å². The molecule has 0 radical (unpaired) electrons. The predicted octanol–water partition coefficient (Wildman–Crippen LogP) is 1.75. The van der Waals surface area contributed by atoms with E-state index in [4.69, 9.17) is 4.74 Å². The molecule has 118 valence electrons. The van der Waals surface area contributed by atoms with Crippen molar-refractivity contribution >= 4 is 5.91 Å². The molecular formula is C16H17N5O2. The van der Waals surface area contributed by atoms with Crippen molar-refractivity contribution < 1.29 is 9.53 Å². The van der Waals surface area contributed by atoms with E-state index in [2.05, 4.69) is 20.6 Å². The Morgan fingerprint density at radius 1 is 1.35 bits per heavy atom. The van der Waals surface area contributed by atoms with Gasteiger partial charge in [0.25, 0.3) is 5.91 Å². The van der Waals surface area contributed by atoms with Crippen LogP contribution in [0.25, 0.3) is 11.3 Å². The first kappa shape index (κ1) is 14.8. The van der Waals surface area contributed by atoms with Gasteiger partial charge in [-0.25, -0.2) is 0 Å². The molecule has 0 aliphatic heterocycles. The first-order valence-electron chi connectivity index (χ1n) is 7.11. The Bertz CT molecular complexity index is 804. The Balaban J connectivity index is 1.66. The van der Waals surface area contributed by atoms with E-state index in [9.17, 15) is 4.79 Å². The van der Waals surface area contributed by atoms with Crippen LogP contribution in [0.15, 0.2) is 42.7 Å². The van der Waals surface area contributed by atoms with E-state index in [-0.39, 0.29) is 5.91 Å². The third-order valence-corrected chi connectivity index (χ3v) is 3.42. The predicted molar refractivity (Wildman–Crippen MR) is 85.0 cm³/mol. The summed E-state index contributed by atoms with van der Waals surface area (Å²) in [5, 5.41) is 13.8. The standard InChI is InChI=1S/C16H17N5O2/c1-21-10-11(9-18-21)8-17-16(22)15-7-14(19-20-15)12-3-5-13(23-2)6-4-12/h3-7,9-10H,8H2,1-2H3,(H,17,22)(H,19,20). The Kier molecular flexibility index (Phi) is 4.09. The largest absolute Gasteiger partial charge is 0.497 e. The number of nitrogens with zero attached hydrogens (tertiary/aromatic N) is 3. The molecule has 0 saturated carbocycles. The number of H-pyrrole nitrogens is 1. The zero-order valence-electron chi connectivity index (χ0n) is 12.9. The lowest BCUT2D eigenvalue weighted by atomic mass is 10.1. The second kappa shape index (κ2) is 6.35. The first-order chi connectivity index (χ1) is 11.2. The van der Waals surface area contributed by atoms with Gasteiger partial charge in [0.15, 0.2) is 0 Å². The summed E-state index contributed by atoms with van der Waals surface area (Å²) in [4.78, 5) is 12.1. The molecule has 2 aromatic heterocycles. The summed E-state index contributed by atoms with van der Waals surface area (Å²) in [6.07, 6.45) is 3.58. The van der Waals surface area contributed by atoms with Gasteiger partial charge < -0.3 is 10.1 Å². The van der Waals surface area contributed by atoms with Crippen LogP contribution in [0, 0.1) is 0 Å². The summed E-state index contributed by atoms with van der Waals surface area (Å²) in [5.41, 5.74) is 2.97. The molecule has 1 amide bonds. The molecule has 3 aromatic rings.